The van der Waals surface area contributed by atoms with Crippen LogP contribution in [0.3, 0.4) is 0 Å². The van der Waals surface area contributed by atoms with Gasteiger partial charge in [0.2, 0.25) is 0 Å². The Balaban J connectivity index is 1.98. The third-order valence-corrected chi connectivity index (χ3v) is 2.86. The summed E-state index contributed by atoms with van der Waals surface area (Å²) < 4.78 is 7.06. The van der Waals surface area contributed by atoms with E-state index >= 15 is 0 Å². The molecule has 20 heavy (non-hydrogen) atoms. The molecule has 0 saturated carbocycles. The van der Waals surface area contributed by atoms with E-state index in [-0.39, 0.29) is 5.54 Å². The molecular formula is C15H22N4O. The zero-order valence-corrected chi connectivity index (χ0v) is 12.6. The lowest BCUT2D eigenvalue weighted by Crippen LogP contribution is -2.35. The molecule has 1 N–H and O–H groups in total. The van der Waals surface area contributed by atoms with Gasteiger partial charge in [0.1, 0.15) is 5.75 Å². The predicted octanol–water partition coefficient (Wildman–Crippen LogP) is 2.22. The molecule has 1 aromatic carbocycles. The molecular weight excluding hydrogens is 252 g/mol. The summed E-state index contributed by atoms with van der Waals surface area (Å²) in [5.41, 5.74) is 2.17. The maximum absolute atomic E-state index is 5.22. The molecule has 0 bridgehead atoms. The summed E-state index contributed by atoms with van der Waals surface area (Å²) in [6.07, 6.45) is 1.97. The van der Waals surface area contributed by atoms with E-state index < -0.39 is 0 Å². The molecule has 0 aliphatic carbocycles. The molecule has 0 radical (unpaired) electrons. The monoisotopic (exact) mass is 274 g/mol. The predicted molar refractivity (Wildman–Crippen MR) is 78.7 cm³/mol. The zero-order chi connectivity index (χ0) is 14.6. The fourth-order valence-electron chi connectivity index (χ4n) is 1.81. The van der Waals surface area contributed by atoms with Gasteiger partial charge in [0.05, 0.1) is 25.5 Å². The summed E-state index contributed by atoms with van der Waals surface area (Å²) in [6, 6.07) is 7.97. The summed E-state index contributed by atoms with van der Waals surface area (Å²) >= 11 is 0. The zero-order valence-electron chi connectivity index (χ0n) is 12.6. The van der Waals surface area contributed by atoms with Gasteiger partial charge >= 0.3 is 0 Å². The van der Waals surface area contributed by atoms with Crippen LogP contribution in [-0.4, -0.2) is 27.6 Å². The van der Waals surface area contributed by atoms with Crippen molar-refractivity contribution < 1.29 is 4.74 Å². The van der Waals surface area contributed by atoms with Crippen molar-refractivity contribution in [2.45, 2.75) is 39.4 Å². The van der Waals surface area contributed by atoms with Crippen LogP contribution in [0.5, 0.6) is 5.75 Å². The molecule has 0 unspecified atom stereocenters. The molecule has 5 heteroatoms. The average Bonchev–Trinajstić information content (AvgIpc) is 2.83. The minimum atomic E-state index is 0.0799. The van der Waals surface area contributed by atoms with Crippen molar-refractivity contribution in [2.75, 3.05) is 7.11 Å². The number of aromatic nitrogens is 3. The maximum Gasteiger partial charge on any atom is 0.119 e. The van der Waals surface area contributed by atoms with Gasteiger partial charge in [0.25, 0.3) is 0 Å². The largest absolute Gasteiger partial charge is 0.497 e. The topological polar surface area (TPSA) is 52.0 Å². The fourth-order valence-corrected chi connectivity index (χ4v) is 1.81. The molecule has 2 rings (SSSR count). The summed E-state index contributed by atoms with van der Waals surface area (Å²) in [4.78, 5) is 0. The number of nitrogens with zero attached hydrogens (tertiary/aromatic N) is 3. The van der Waals surface area contributed by atoms with E-state index in [1.54, 1.807) is 7.11 Å². The van der Waals surface area contributed by atoms with E-state index in [9.17, 15) is 0 Å². The highest BCUT2D eigenvalue weighted by atomic mass is 16.5. The van der Waals surface area contributed by atoms with Crippen LogP contribution in [0.25, 0.3) is 0 Å². The first-order valence-electron chi connectivity index (χ1n) is 6.73. The Morgan fingerprint density at radius 2 is 2.10 bits per heavy atom. The van der Waals surface area contributed by atoms with Crippen molar-refractivity contribution in [3.63, 3.8) is 0 Å². The van der Waals surface area contributed by atoms with Crippen LogP contribution in [0.2, 0.25) is 0 Å². The third-order valence-electron chi connectivity index (χ3n) is 2.86. The van der Waals surface area contributed by atoms with Crippen LogP contribution >= 0.6 is 0 Å². The van der Waals surface area contributed by atoms with Crippen molar-refractivity contribution in [2.24, 2.45) is 0 Å². The SMILES string of the molecule is COc1cccc(Cn2cc(CNC(C)(C)C)nn2)c1. The highest BCUT2D eigenvalue weighted by Gasteiger charge is 2.10. The van der Waals surface area contributed by atoms with Gasteiger partial charge < -0.3 is 10.1 Å². The molecule has 0 atom stereocenters. The molecule has 5 nitrogen and oxygen atoms in total. The third kappa shape index (κ3) is 4.35. The number of ether oxygens (including phenoxy) is 1. The first kappa shape index (κ1) is 14.5. The van der Waals surface area contributed by atoms with E-state index in [2.05, 4.69) is 42.5 Å². The highest BCUT2D eigenvalue weighted by Crippen LogP contribution is 2.13. The van der Waals surface area contributed by atoms with Crippen molar-refractivity contribution in [1.82, 2.24) is 20.3 Å². The molecule has 0 spiro atoms. The Morgan fingerprint density at radius 1 is 1.30 bits per heavy atom. The van der Waals surface area contributed by atoms with Crippen LogP contribution in [0.15, 0.2) is 30.5 Å². The lowest BCUT2D eigenvalue weighted by atomic mass is 10.1. The summed E-state index contributed by atoms with van der Waals surface area (Å²) in [5.74, 6) is 0.859. The van der Waals surface area contributed by atoms with Crippen molar-refractivity contribution in [3.8, 4) is 5.75 Å². The number of nitrogens with one attached hydrogen (secondary N) is 1. The molecule has 1 heterocycles. The first-order valence-corrected chi connectivity index (χ1v) is 6.73. The molecule has 2 aromatic rings. The lowest BCUT2D eigenvalue weighted by molar-refractivity contribution is 0.414. The van der Waals surface area contributed by atoms with E-state index in [1.807, 2.05) is 29.1 Å². The van der Waals surface area contributed by atoms with Crippen LogP contribution in [0.1, 0.15) is 32.0 Å². The second kappa shape index (κ2) is 6.05. The van der Waals surface area contributed by atoms with Crippen LogP contribution in [-0.2, 0) is 13.1 Å². The van der Waals surface area contributed by atoms with E-state index in [4.69, 9.17) is 4.74 Å². The Morgan fingerprint density at radius 3 is 2.80 bits per heavy atom. The second-order valence-corrected chi connectivity index (χ2v) is 5.86. The number of hydrogen-bond acceptors (Lipinski definition) is 4. The first-order chi connectivity index (χ1) is 9.46. The smallest absolute Gasteiger partial charge is 0.119 e. The Labute approximate surface area is 120 Å². The Kier molecular flexibility index (Phi) is 4.39. The van der Waals surface area contributed by atoms with Gasteiger partial charge in [-0.15, -0.1) is 5.10 Å². The lowest BCUT2D eigenvalue weighted by Gasteiger charge is -2.19. The number of benzene rings is 1. The molecule has 0 aliphatic heterocycles. The normalized spacial score (nSPS) is 11.6. The van der Waals surface area contributed by atoms with E-state index in [0.29, 0.717) is 6.54 Å². The molecule has 0 fully saturated rings. The van der Waals surface area contributed by atoms with Gasteiger partial charge in [-0.3, -0.25) is 0 Å². The maximum atomic E-state index is 5.22. The molecule has 108 valence electrons. The minimum Gasteiger partial charge on any atom is -0.497 e. The quantitative estimate of drug-likeness (QED) is 0.908. The van der Waals surface area contributed by atoms with E-state index in [0.717, 1.165) is 23.6 Å². The van der Waals surface area contributed by atoms with Crippen molar-refractivity contribution >= 4 is 0 Å². The van der Waals surface area contributed by atoms with Gasteiger partial charge in [-0.05, 0) is 38.5 Å². The Hall–Kier alpha value is -1.88. The van der Waals surface area contributed by atoms with Gasteiger partial charge in [0.15, 0.2) is 0 Å². The average molecular weight is 274 g/mol. The summed E-state index contributed by atoms with van der Waals surface area (Å²) in [5, 5.41) is 11.7. The van der Waals surface area contributed by atoms with Gasteiger partial charge in [-0.2, -0.15) is 0 Å². The number of hydrogen-bond donors (Lipinski definition) is 1. The molecule has 1 aromatic heterocycles. The van der Waals surface area contributed by atoms with Gasteiger partial charge in [-0.1, -0.05) is 17.3 Å². The number of methoxy groups -OCH3 is 1. The summed E-state index contributed by atoms with van der Waals surface area (Å²) in [6.45, 7) is 7.82. The van der Waals surface area contributed by atoms with Crippen LogP contribution < -0.4 is 10.1 Å². The standard InChI is InChI=1S/C15H22N4O/c1-15(2,3)16-9-13-11-19(18-17-13)10-12-6-5-7-14(8-12)20-4/h5-8,11,16H,9-10H2,1-4H3. The number of rotatable bonds is 5. The molecule has 0 saturated heterocycles. The molecule has 0 aliphatic rings. The van der Waals surface area contributed by atoms with Crippen LogP contribution in [0, 0.1) is 0 Å². The Bertz CT molecular complexity index is 557. The highest BCUT2D eigenvalue weighted by molar-refractivity contribution is 5.28. The van der Waals surface area contributed by atoms with Gasteiger partial charge in [0, 0.05) is 12.1 Å². The van der Waals surface area contributed by atoms with Crippen molar-refractivity contribution in [1.29, 1.82) is 0 Å². The van der Waals surface area contributed by atoms with Gasteiger partial charge in [-0.25, -0.2) is 4.68 Å². The van der Waals surface area contributed by atoms with E-state index in [1.165, 1.54) is 0 Å². The second-order valence-electron chi connectivity index (χ2n) is 5.86. The van der Waals surface area contributed by atoms with Crippen LogP contribution in [0.4, 0.5) is 0 Å². The fraction of sp³-hybridized carbons (Fsp3) is 0.467. The molecule has 0 amide bonds. The summed E-state index contributed by atoms with van der Waals surface area (Å²) in [7, 11) is 1.67. The minimum absolute atomic E-state index is 0.0799. The van der Waals surface area contributed by atoms with Crippen molar-refractivity contribution in [3.05, 3.63) is 41.7 Å².